The van der Waals surface area contributed by atoms with Crippen molar-refractivity contribution in [3.8, 4) is 5.75 Å². The average Bonchev–Trinajstić information content (AvgIpc) is 2.58. The first-order valence-electron chi connectivity index (χ1n) is 8.60. The molecule has 0 saturated heterocycles. The van der Waals surface area contributed by atoms with Crippen LogP contribution in [0.25, 0.3) is 0 Å². The van der Waals surface area contributed by atoms with Gasteiger partial charge >= 0.3 is 0 Å². The third kappa shape index (κ3) is 4.84. The van der Waals surface area contributed by atoms with Crippen molar-refractivity contribution >= 4 is 0 Å². The second-order valence-corrected chi connectivity index (χ2v) is 6.29. The summed E-state index contributed by atoms with van der Waals surface area (Å²) in [6, 6.07) is 17.9. The van der Waals surface area contributed by atoms with E-state index >= 15 is 0 Å². The number of methoxy groups -OCH3 is 1. The Morgan fingerprint density at radius 2 is 1.78 bits per heavy atom. The molecule has 2 heteroatoms. The normalized spacial score (nSPS) is 12.4. The van der Waals surface area contributed by atoms with Gasteiger partial charge in [0.15, 0.2) is 0 Å². The van der Waals surface area contributed by atoms with Crippen LogP contribution >= 0.6 is 0 Å². The Labute approximate surface area is 140 Å². The molecule has 0 saturated carbocycles. The van der Waals surface area contributed by atoms with Gasteiger partial charge in [0.1, 0.15) is 5.75 Å². The first-order valence-corrected chi connectivity index (χ1v) is 8.60. The first kappa shape index (κ1) is 17.6. The maximum absolute atomic E-state index is 5.65. The maximum Gasteiger partial charge on any atom is 0.122 e. The van der Waals surface area contributed by atoms with Crippen LogP contribution in [0.2, 0.25) is 0 Å². The van der Waals surface area contributed by atoms with Crippen LogP contribution in [0.5, 0.6) is 5.75 Å². The van der Waals surface area contributed by atoms with Gasteiger partial charge in [0.25, 0.3) is 0 Å². The van der Waals surface area contributed by atoms with E-state index in [9.17, 15) is 0 Å². The minimum absolute atomic E-state index is 0.351. The Hall–Kier alpha value is -1.80. The van der Waals surface area contributed by atoms with Gasteiger partial charge < -0.3 is 10.1 Å². The fourth-order valence-electron chi connectivity index (χ4n) is 2.98. The molecule has 23 heavy (non-hydrogen) atoms. The molecule has 0 heterocycles. The molecule has 0 bridgehead atoms. The van der Waals surface area contributed by atoms with Gasteiger partial charge in [-0.25, -0.2) is 0 Å². The zero-order valence-electron chi connectivity index (χ0n) is 14.8. The van der Waals surface area contributed by atoms with Crippen LogP contribution in [0.4, 0.5) is 0 Å². The summed E-state index contributed by atoms with van der Waals surface area (Å²) in [5.41, 5.74) is 4.01. The topological polar surface area (TPSA) is 21.3 Å². The van der Waals surface area contributed by atoms with Crippen LogP contribution in [0.15, 0.2) is 48.5 Å². The summed E-state index contributed by atoms with van der Waals surface area (Å²) < 4.78 is 5.65. The lowest BCUT2D eigenvalue weighted by molar-refractivity contribution is 0.405. The van der Waals surface area contributed by atoms with Crippen molar-refractivity contribution in [2.45, 2.75) is 45.6 Å². The van der Waals surface area contributed by atoms with E-state index in [0.29, 0.717) is 12.0 Å². The van der Waals surface area contributed by atoms with Gasteiger partial charge in [-0.05, 0) is 36.6 Å². The fourth-order valence-corrected chi connectivity index (χ4v) is 2.98. The predicted molar refractivity (Wildman–Crippen MR) is 98.4 cm³/mol. The highest BCUT2D eigenvalue weighted by atomic mass is 16.5. The van der Waals surface area contributed by atoms with E-state index in [2.05, 4.69) is 74.6 Å². The fraction of sp³-hybridized carbons (Fsp3) is 0.429. The molecule has 2 nitrogen and oxygen atoms in total. The van der Waals surface area contributed by atoms with Crippen molar-refractivity contribution in [1.82, 2.24) is 5.32 Å². The molecule has 2 aromatic carbocycles. The van der Waals surface area contributed by atoms with Crippen LogP contribution in [-0.2, 0) is 6.42 Å². The van der Waals surface area contributed by atoms with E-state index in [1.54, 1.807) is 7.11 Å². The van der Waals surface area contributed by atoms with E-state index in [-0.39, 0.29) is 0 Å². The number of benzene rings is 2. The number of nitrogens with one attached hydrogen (secondary N) is 1. The molecule has 1 atom stereocenters. The third-order valence-corrected chi connectivity index (χ3v) is 4.27. The van der Waals surface area contributed by atoms with Crippen molar-refractivity contribution in [2.24, 2.45) is 0 Å². The number of hydrogen-bond donors (Lipinski definition) is 1. The molecule has 0 aliphatic heterocycles. The Bertz CT molecular complexity index is 592. The molecule has 0 aliphatic carbocycles. The molecule has 0 spiro atoms. The largest absolute Gasteiger partial charge is 0.496 e. The molecular weight excluding hydrogens is 282 g/mol. The summed E-state index contributed by atoms with van der Waals surface area (Å²) in [6.07, 6.45) is 2.11. The lowest BCUT2D eigenvalue weighted by Gasteiger charge is -2.22. The molecule has 0 aliphatic rings. The van der Waals surface area contributed by atoms with E-state index in [4.69, 9.17) is 4.74 Å². The zero-order chi connectivity index (χ0) is 16.7. The highest BCUT2D eigenvalue weighted by molar-refractivity contribution is 5.44. The summed E-state index contributed by atoms with van der Waals surface area (Å²) >= 11 is 0. The molecule has 2 rings (SSSR count). The second kappa shape index (κ2) is 8.73. The van der Waals surface area contributed by atoms with Crippen LogP contribution in [0, 0.1) is 0 Å². The minimum Gasteiger partial charge on any atom is -0.496 e. The van der Waals surface area contributed by atoms with Crippen molar-refractivity contribution in [1.29, 1.82) is 0 Å². The average molecular weight is 311 g/mol. The third-order valence-electron chi connectivity index (χ3n) is 4.27. The molecule has 0 radical (unpaired) electrons. The van der Waals surface area contributed by atoms with Gasteiger partial charge in [0, 0.05) is 17.5 Å². The monoisotopic (exact) mass is 311 g/mol. The van der Waals surface area contributed by atoms with E-state index in [1.165, 1.54) is 16.7 Å². The smallest absolute Gasteiger partial charge is 0.122 e. The lowest BCUT2D eigenvalue weighted by Crippen LogP contribution is -2.25. The van der Waals surface area contributed by atoms with Crippen molar-refractivity contribution in [3.63, 3.8) is 0 Å². The second-order valence-electron chi connectivity index (χ2n) is 6.29. The Morgan fingerprint density at radius 1 is 1.04 bits per heavy atom. The number of rotatable bonds is 8. The van der Waals surface area contributed by atoms with E-state index in [0.717, 1.165) is 25.1 Å². The minimum atomic E-state index is 0.351. The van der Waals surface area contributed by atoms with Crippen LogP contribution in [-0.4, -0.2) is 19.7 Å². The molecule has 1 N–H and O–H groups in total. The Morgan fingerprint density at radius 3 is 2.39 bits per heavy atom. The standard InChI is InChI=1S/C21H29NO/c1-5-17-11-12-21(23-4)20(15-17)19(13-14-22-16(2)3)18-9-7-6-8-10-18/h6-12,15-16,19,22H,5,13-14H2,1-4H3. The van der Waals surface area contributed by atoms with Crippen LogP contribution < -0.4 is 10.1 Å². The van der Waals surface area contributed by atoms with E-state index in [1.807, 2.05) is 0 Å². The van der Waals surface area contributed by atoms with Gasteiger partial charge in [-0.15, -0.1) is 0 Å². The highest BCUT2D eigenvalue weighted by Gasteiger charge is 2.18. The van der Waals surface area contributed by atoms with Gasteiger partial charge in [0.05, 0.1) is 7.11 Å². The number of hydrogen-bond acceptors (Lipinski definition) is 2. The number of ether oxygens (including phenoxy) is 1. The molecular formula is C21H29NO. The van der Waals surface area contributed by atoms with E-state index < -0.39 is 0 Å². The van der Waals surface area contributed by atoms with Gasteiger partial charge in [-0.2, -0.15) is 0 Å². The SMILES string of the molecule is CCc1ccc(OC)c(C(CCNC(C)C)c2ccccc2)c1. The van der Waals surface area contributed by atoms with Crippen molar-refractivity contribution in [2.75, 3.05) is 13.7 Å². The summed E-state index contributed by atoms with van der Waals surface area (Å²) in [5, 5.41) is 3.54. The molecule has 124 valence electrons. The highest BCUT2D eigenvalue weighted by Crippen LogP contribution is 2.35. The lowest BCUT2D eigenvalue weighted by atomic mass is 9.86. The van der Waals surface area contributed by atoms with Crippen LogP contribution in [0.1, 0.15) is 49.8 Å². The Kier molecular flexibility index (Phi) is 6.66. The van der Waals surface area contributed by atoms with Gasteiger partial charge in [-0.1, -0.05) is 63.2 Å². The van der Waals surface area contributed by atoms with Gasteiger partial charge in [-0.3, -0.25) is 0 Å². The first-order chi connectivity index (χ1) is 11.2. The quantitative estimate of drug-likeness (QED) is 0.757. The summed E-state index contributed by atoms with van der Waals surface area (Å²) in [4.78, 5) is 0. The zero-order valence-corrected chi connectivity index (χ0v) is 14.8. The molecule has 0 amide bonds. The molecule has 0 fully saturated rings. The summed E-state index contributed by atoms with van der Waals surface area (Å²) in [6.45, 7) is 7.58. The molecule has 1 unspecified atom stereocenters. The molecule has 0 aromatic heterocycles. The molecule has 2 aromatic rings. The van der Waals surface area contributed by atoms with Gasteiger partial charge in [0.2, 0.25) is 0 Å². The maximum atomic E-state index is 5.65. The van der Waals surface area contributed by atoms with Crippen LogP contribution in [0.3, 0.4) is 0 Å². The Balaban J connectivity index is 2.36. The van der Waals surface area contributed by atoms with Crippen molar-refractivity contribution < 1.29 is 4.74 Å². The number of aryl methyl sites for hydroxylation is 1. The summed E-state index contributed by atoms with van der Waals surface area (Å²) in [7, 11) is 1.76. The summed E-state index contributed by atoms with van der Waals surface area (Å²) in [5.74, 6) is 1.34. The predicted octanol–water partition coefficient (Wildman–Crippen LogP) is 4.78. The van der Waals surface area contributed by atoms with Crippen molar-refractivity contribution in [3.05, 3.63) is 65.2 Å².